The summed E-state index contributed by atoms with van der Waals surface area (Å²) in [6.07, 6.45) is 1.86. The van der Waals surface area contributed by atoms with Gasteiger partial charge in [0.2, 0.25) is 0 Å². The lowest BCUT2D eigenvalue weighted by Gasteiger charge is -2.17. The van der Waals surface area contributed by atoms with Gasteiger partial charge in [0.15, 0.2) is 0 Å². The summed E-state index contributed by atoms with van der Waals surface area (Å²) in [6, 6.07) is 6.30. The predicted molar refractivity (Wildman–Crippen MR) is 55.0 cm³/mol. The van der Waals surface area contributed by atoms with Crippen LogP contribution >= 0.6 is 0 Å². The summed E-state index contributed by atoms with van der Waals surface area (Å²) in [5.41, 5.74) is 4.90. The second-order valence-corrected chi connectivity index (χ2v) is 3.73. The van der Waals surface area contributed by atoms with Crippen molar-refractivity contribution in [1.29, 1.82) is 0 Å². The van der Waals surface area contributed by atoms with Crippen molar-refractivity contribution in [3.63, 3.8) is 0 Å². The third-order valence-corrected chi connectivity index (χ3v) is 2.78. The molecule has 0 radical (unpaired) electrons. The van der Waals surface area contributed by atoms with E-state index in [0.29, 0.717) is 0 Å². The number of benzene rings is 1. The summed E-state index contributed by atoms with van der Waals surface area (Å²) >= 11 is 0. The van der Waals surface area contributed by atoms with Gasteiger partial charge < -0.3 is 4.74 Å². The van der Waals surface area contributed by atoms with E-state index in [9.17, 15) is 0 Å². The summed E-state index contributed by atoms with van der Waals surface area (Å²) in [6.45, 7) is 3.54. The zero-order chi connectivity index (χ0) is 9.54. The van der Waals surface area contributed by atoms with Crippen molar-refractivity contribution in [2.75, 3.05) is 0 Å². The highest BCUT2D eigenvalue weighted by Gasteiger charge is 2.13. The Kier molecular flexibility index (Phi) is 1.58. The highest BCUT2D eigenvalue weighted by Crippen LogP contribution is 2.28. The SMILES string of the molecule is Cc1ccc2c3c(ccnc13)COC2. The van der Waals surface area contributed by atoms with Crippen LogP contribution in [0, 0.1) is 6.92 Å². The van der Waals surface area contributed by atoms with Crippen LogP contribution in [0.4, 0.5) is 0 Å². The lowest BCUT2D eigenvalue weighted by Crippen LogP contribution is -2.05. The van der Waals surface area contributed by atoms with Gasteiger partial charge in [-0.2, -0.15) is 0 Å². The maximum absolute atomic E-state index is 5.50. The minimum atomic E-state index is 0.718. The third-order valence-electron chi connectivity index (χ3n) is 2.78. The smallest absolute Gasteiger partial charge is 0.0738 e. The molecule has 0 atom stereocenters. The highest BCUT2D eigenvalue weighted by molar-refractivity contribution is 5.88. The lowest BCUT2D eigenvalue weighted by molar-refractivity contribution is 0.103. The standard InChI is InChI=1S/C12H11NO/c1-8-2-3-9-6-14-7-10-4-5-13-12(8)11(9)10/h2-5H,6-7H2,1H3. The van der Waals surface area contributed by atoms with E-state index in [1.54, 1.807) is 0 Å². The summed E-state index contributed by atoms with van der Waals surface area (Å²) in [5, 5.41) is 1.30. The summed E-state index contributed by atoms with van der Waals surface area (Å²) in [4.78, 5) is 4.43. The number of pyridine rings is 1. The number of aromatic nitrogens is 1. The first-order valence-electron chi connectivity index (χ1n) is 4.80. The molecule has 3 rings (SSSR count). The number of hydrogen-bond donors (Lipinski definition) is 0. The molecule has 2 heteroatoms. The minimum Gasteiger partial charge on any atom is -0.372 e. The molecule has 0 saturated heterocycles. The van der Waals surface area contributed by atoms with E-state index in [1.165, 1.54) is 22.1 Å². The molecule has 0 spiro atoms. The van der Waals surface area contributed by atoms with Gasteiger partial charge in [0.05, 0.1) is 18.7 Å². The first kappa shape index (κ1) is 7.94. The summed E-state index contributed by atoms with van der Waals surface area (Å²) in [7, 11) is 0. The van der Waals surface area contributed by atoms with Crippen molar-refractivity contribution >= 4 is 10.9 Å². The predicted octanol–water partition coefficient (Wildman–Crippen LogP) is 2.57. The van der Waals surface area contributed by atoms with Gasteiger partial charge >= 0.3 is 0 Å². The van der Waals surface area contributed by atoms with E-state index in [4.69, 9.17) is 4.74 Å². The van der Waals surface area contributed by atoms with Crippen LogP contribution < -0.4 is 0 Å². The van der Waals surface area contributed by atoms with Crippen LogP contribution in [0.1, 0.15) is 16.7 Å². The molecule has 2 aromatic rings. The molecule has 14 heavy (non-hydrogen) atoms. The maximum Gasteiger partial charge on any atom is 0.0738 e. The molecular weight excluding hydrogens is 174 g/mol. The molecule has 0 amide bonds. The fourth-order valence-electron chi connectivity index (χ4n) is 2.06. The Labute approximate surface area is 82.5 Å². The van der Waals surface area contributed by atoms with Crippen LogP contribution in [0.3, 0.4) is 0 Å². The molecule has 1 aliphatic heterocycles. The Morgan fingerprint density at radius 1 is 1.14 bits per heavy atom. The summed E-state index contributed by atoms with van der Waals surface area (Å²) in [5.74, 6) is 0. The number of hydrogen-bond acceptors (Lipinski definition) is 2. The van der Waals surface area contributed by atoms with Gasteiger partial charge in [0.1, 0.15) is 0 Å². The van der Waals surface area contributed by atoms with Crippen molar-refractivity contribution in [2.45, 2.75) is 20.1 Å². The Morgan fingerprint density at radius 2 is 1.93 bits per heavy atom. The van der Waals surface area contributed by atoms with Crippen LogP contribution in [-0.2, 0) is 18.0 Å². The van der Waals surface area contributed by atoms with Crippen LogP contribution in [0.25, 0.3) is 10.9 Å². The van der Waals surface area contributed by atoms with Crippen molar-refractivity contribution in [3.8, 4) is 0 Å². The van der Waals surface area contributed by atoms with Crippen molar-refractivity contribution in [2.24, 2.45) is 0 Å². The molecule has 0 unspecified atom stereocenters. The van der Waals surface area contributed by atoms with E-state index >= 15 is 0 Å². The van der Waals surface area contributed by atoms with E-state index in [1.807, 2.05) is 12.3 Å². The third kappa shape index (κ3) is 0.976. The minimum absolute atomic E-state index is 0.718. The van der Waals surface area contributed by atoms with Crippen molar-refractivity contribution in [1.82, 2.24) is 4.98 Å². The molecular formula is C12H11NO. The van der Waals surface area contributed by atoms with Gasteiger partial charge in [-0.1, -0.05) is 12.1 Å². The fourth-order valence-corrected chi connectivity index (χ4v) is 2.06. The van der Waals surface area contributed by atoms with Gasteiger partial charge in [0, 0.05) is 11.6 Å². The van der Waals surface area contributed by atoms with Crippen molar-refractivity contribution < 1.29 is 4.74 Å². The monoisotopic (exact) mass is 185 g/mol. The normalized spacial score (nSPS) is 14.6. The molecule has 0 bridgehead atoms. The van der Waals surface area contributed by atoms with Crippen LogP contribution in [0.15, 0.2) is 24.4 Å². The molecule has 1 aliphatic rings. The molecule has 1 aromatic carbocycles. The molecule has 2 nitrogen and oxygen atoms in total. The molecule has 0 aliphatic carbocycles. The van der Waals surface area contributed by atoms with Crippen LogP contribution in [-0.4, -0.2) is 4.98 Å². The van der Waals surface area contributed by atoms with Gasteiger partial charge in [-0.15, -0.1) is 0 Å². The molecule has 2 heterocycles. The van der Waals surface area contributed by atoms with Crippen molar-refractivity contribution in [3.05, 3.63) is 41.1 Å². The number of nitrogens with zero attached hydrogens (tertiary/aromatic N) is 1. The molecule has 70 valence electrons. The lowest BCUT2D eigenvalue weighted by atomic mass is 9.99. The molecule has 0 saturated carbocycles. The second kappa shape index (κ2) is 2.79. The average Bonchev–Trinajstić information content (AvgIpc) is 2.24. The van der Waals surface area contributed by atoms with Gasteiger partial charge in [-0.25, -0.2) is 0 Å². The largest absolute Gasteiger partial charge is 0.372 e. The van der Waals surface area contributed by atoms with Gasteiger partial charge in [-0.05, 0) is 29.7 Å². The van der Waals surface area contributed by atoms with E-state index in [-0.39, 0.29) is 0 Å². The number of ether oxygens (including phenoxy) is 1. The molecule has 0 N–H and O–H groups in total. The van der Waals surface area contributed by atoms with E-state index < -0.39 is 0 Å². The van der Waals surface area contributed by atoms with Crippen LogP contribution in [0.2, 0.25) is 0 Å². The quantitative estimate of drug-likeness (QED) is 0.629. The maximum atomic E-state index is 5.50. The zero-order valence-electron chi connectivity index (χ0n) is 8.08. The Morgan fingerprint density at radius 3 is 2.79 bits per heavy atom. The molecule has 0 fully saturated rings. The Hall–Kier alpha value is -1.41. The number of rotatable bonds is 0. The topological polar surface area (TPSA) is 22.1 Å². The first-order valence-corrected chi connectivity index (χ1v) is 4.80. The summed E-state index contributed by atoms with van der Waals surface area (Å²) < 4.78 is 5.50. The molecule has 1 aromatic heterocycles. The Bertz CT molecular complexity index is 495. The van der Waals surface area contributed by atoms with E-state index in [2.05, 4.69) is 24.0 Å². The Balaban J connectivity index is 2.51. The first-order chi connectivity index (χ1) is 6.86. The van der Waals surface area contributed by atoms with Gasteiger partial charge in [-0.3, -0.25) is 4.98 Å². The fraction of sp³-hybridized carbons (Fsp3) is 0.250. The number of aryl methyl sites for hydroxylation is 1. The van der Waals surface area contributed by atoms with Crippen LogP contribution in [0.5, 0.6) is 0 Å². The van der Waals surface area contributed by atoms with Gasteiger partial charge in [0.25, 0.3) is 0 Å². The van der Waals surface area contributed by atoms with E-state index in [0.717, 1.165) is 18.7 Å². The zero-order valence-corrected chi connectivity index (χ0v) is 8.08. The second-order valence-electron chi connectivity index (χ2n) is 3.73. The highest BCUT2D eigenvalue weighted by atomic mass is 16.5. The average molecular weight is 185 g/mol.